The molecule has 0 unspecified atom stereocenters. The number of nitrogens with one attached hydrogen (secondary N) is 1. The molecular weight excluding hydrogens is 522 g/mol. The van der Waals surface area contributed by atoms with Gasteiger partial charge in [0.15, 0.2) is 0 Å². The Bertz CT molecular complexity index is 1250. The molecule has 214 valence electrons. The van der Waals surface area contributed by atoms with Gasteiger partial charge in [-0.2, -0.15) is 0 Å². The zero-order valence-electron chi connectivity index (χ0n) is 23.3. The second kappa shape index (κ2) is 13.5. The summed E-state index contributed by atoms with van der Waals surface area (Å²) >= 11 is 0. The van der Waals surface area contributed by atoms with Crippen molar-refractivity contribution in [2.24, 2.45) is 0 Å². The molecule has 0 saturated heterocycles. The van der Waals surface area contributed by atoms with Gasteiger partial charge in [-0.1, -0.05) is 31.4 Å². The fourth-order valence-corrected chi connectivity index (χ4v) is 5.55. The van der Waals surface area contributed by atoms with Crippen LogP contribution in [0.15, 0.2) is 42.5 Å². The van der Waals surface area contributed by atoms with Crippen molar-refractivity contribution in [2.45, 2.75) is 57.7 Å². The fraction of sp³-hybridized carbons (Fsp3) is 0.500. The highest BCUT2D eigenvalue weighted by atomic mass is 32.2. The highest BCUT2D eigenvalue weighted by Gasteiger charge is 2.32. The van der Waals surface area contributed by atoms with Gasteiger partial charge in [0.05, 0.1) is 33.3 Å². The number of ether oxygens (including phenoxy) is 3. The van der Waals surface area contributed by atoms with E-state index >= 15 is 0 Å². The van der Waals surface area contributed by atoms with Crippen LogP contribution in [0.2, 0.25) is 0 Å². The van der Waals surface area contributed by atoms with Crippen LogP contribution < -0.4 is 23.8 Å². The molecule has 2 amide bonds. The van der Waals surface area contributed by atoms with Crippen LogP contribution in [-0.2, 0) is 26.2 Å². The standard InChI is InChI=1S/C28H39N3O7S/c1-20(28(33)29-22-11-7-6-8-12-22)30(18-21-10-9-13-23(16-21)36-2)27(32)19-31(39(5,34)35)25-17-24(37-3)14-15-26(25)38-4/h9-10,13-17,20,22H,6-8,11-12,18-19H2,1-5H3,(H,29,33)/t20-/m0/s1. The van der Waals surface area contributed by atoms with Gasteiger partial charge in [-0.3, -0.25) is 13.9 Å². The van der Waals surface area contributed by atoms with Crippen molar-refractivity contribution in [1.82, 2.24) is 10.2 Å². The molecule has 11 heteroatoms. The number of anilines is 1. The van der Waals surface area contributed by atoms with E-state index in [1.54, 1.807) is 44.4 Å². The van der Waals surface area contributed by atoms with Gasteiger partial charge in [0.1, 0.15) is 29.8 Å². The van der Waals surface area contributed by atoms with E-state index in [0.717, 1.165) is 48.2 Å². The van der Waals surface area contributed by atoms with Crippen LogP contribution in [0.4, 0.5) is 5.69 Å². The van der Waals surface area contributed by atoms with E-state index in [1.165, 1.54) is 25.2 Å². The summed E-state index contributed by atoms with van der Waals surface area (Å²) in [7, 11) is 0.502. The molecule has 2 aromatic rings. The molecule has 0 aromatic heterocycles. The molecule has 0 bridgehead atoms. The van der Waals surface area contributed by atoms with Crippen molar-refractivity contribution in [3.63, 3.8) is 0 Å². The first-order chi connectivity index (χ1) is 18.6. The highest BCUT2D eigenvalue weighted by Crippen LogP contribution is 2.34. The number of carbonyl (C=O) groups is 2. The first-order valence-corrected chi connectivity index (χ1v) is 14.8. The number of hydrogen-bond donors (Lipinski definition) is 1. The van der Waals surface area contributed by atoms with Crippen molar-refractivity contribution in [1.29, 1.82) is 0 Å². The van der Waals surface area contributed by atoms with Crippen LogP contribution in [0.1, 0.15) is 44.6 Å². The maximum Gasteiger partial charge on any atom is 0.244 e. The molecule has 0 heterocycles. The monoisotopic (exact) mass is 561 g/mol. The smallest absolute Gasteiger partial charge is 0.244 e. The lowest BCUT2D eigenvalue weighted by Gasteiger charge is -2.33. The predicted octanol–water partition coefficient (Wildman–Crippen LogP) is 3.34. The number of benzene rings is 2. The number of carbonyl (C=O) groups excluding carboxylic acids is 2. The second-order valence-electron chi connectivity index (χ2n) is 9.70. The molecule has 1 atom stereocenters. The molecule has 0 spiro atoms. The van der Waals surface area contributed by atoms with E-state index in [0.29, 0.717) is 11.5 Å². The summed E-state index contributed by atoms with van der Waals surface area (Å²) in [5.74, 6) is 0.456. The average molecular weight is 562 g/mol. The minimum atomic E-state index is -3.93. The summed E-state index contributed by atoms with van der Waals surface area (Å²) in [4.78, 5) is 28.6. The molecule has 0 radical (unpaired) electrons. The molecule has 1 aliphatic rings. The molecule has 1 saturated carbocycles. The maximum atomic E-state index is 13.9. The van der Waals surface area contributed by atoms with Crippen LogP contribution in [0.3, 0.4) is 0 Å². The fourth-order valence-electron chi connectivity index (χ4n) is 4.71. The van der Waals surface area contributed by atoms with Gasteiger partial charge >= 0.3 is 0 Å². The Morgan fingerprint density at radius 1 is 0.974 bits per heavy atom. The molecule has 10 nitrogen and oxygen atoms in total. The minimum absolute atomic E-state index is 0.0658. The summed E-state index contributed by atoms with van der Waals surface area (Å²) in [5.41, 5.74) is 0.901. The highest BCUT2D eigenvalue weighted by molar-refractivity contribution is 7.92. The number of amides is 2. The van der Waals surface area contributed by atoms with Gasteiger partial charge in [0.25, 0.3) is 0 Å². The van der Waals surface area contributed by atoms with Crippen LogP contribution >= 0.6 is 0 Å². The Morgan fingerprint density at radius 2 is 1.64 bits per heavy atom. The summed E-state index contributed by atoms with van der Waals surface area (Å²) < 4.78 is 42.8. The first-order valence-electron chi connectivity index (χ1n) is 13.0. The number of rotatable bonds is 12. The van der Waals surface area contributed by atoms with E-state index < -0.39 is 28.5 Å². The van der Waals surface area contributed by atoms with E-state index in [9.17, 15) is 18.0 Å². The number of nitrogens with zero attached hydrogens (tertiary/aromatic N) is 2. The van der Waals surface area contributed by atoms with Gasteiger partial charge in [0, 0.05) is 18.7 Å². The summed E-state index contributed by atoms with van der Waals surface area (Å²) in [5, 5.41) is 3.08. The predicted molar refractivity (Wildman–Crippen MR) is 150 cm³/mol. The van der Waals surface area contributed by atoms with Gasteiger partial charge in [-0.25, -0.2) is 8.42 Å². The van der Waals surface area contributed by atoms with Crippen LogP contribution in [0, 0.1) is 0 Å². The average Bonchev–Trinajstić information content (AvgIpc) is 2.93. The topological polar surface area (TPSA) is 114 Å². The number of hydrogen-bond acceptors (Lipinski definition) is 7. The molecule has 1 fully saturated rings. The van der Waals surface area contributed by atoms with Crippen LogP contribution in [0.5, 0.6) is 17.2 Å². The van der Waals surface area contributed by atoms with Gasteiger partial charge in [-0.05, 0) is 49.6 Å². The molecule has 2 aromatic carbocycles. The summed E-state index contributed by atoms with van der Waals surface area (Å²) in [6, 6.07) is 11.1. The lowest BCUT2D eigenvalue weighted by Crippen LogP contribution is -2.53. The van der Waals surface area contributed by atoms with Gasteiger partial charge in [-0.15, -0.1) is 0 Å². The molecule has 39 heavy (non-hydrogen) atoms. The summed E-state index contributed by atoms with van der Waals surface area (Å²) in [6.07, 6.45) is 6.08. The second-order valence-corrected chi connectivity index (χ2v) is 11.6. The third-order valence-electron chi connectivity index (χ3n) is 6.94. The third-order valence-corrected chi connectivity index (χ3v) is 8.07. The Balaban J connectivity index is 1.95. The van der Waals surface area contributed by atoms with Gasteiger partial charge < -0.3 is 24.4 Å². The minimum Gasteiger partial charge on any atom is -0.497 e. The molecule has 0 aliphatic heterocycles. The Kier molecular flexibility index (Phi) is 10.4. The lowest BCUT2D eigenvalue weighted by atomic mass is 9.95. The first kappa shape index (κ1) is 30.1. The number of methoxy groups -OCH3 is 3. The van der Waals surface area contributed by atoms with E-state index in [-0.39, 0.29) is 29.9 Å². The van der Waals surface area contributed by atoms with Crippen molar-refractivity contribution in [2.75, 3.05) is 38.4 Å². The zero-order chi connectivity index (χ0) is 28.6. The maximum absolute atomic E-state index is 13.9. The normalized spacial score (nSPS) is 14.7. The van der Waals surface area contributed by atoms with Crippen molar-refractivity contribution >= 4 is 27.5 Å². The van der Waals surface area contributed by atoms with Crippen molar-refractivity contribution < 1.29 is 32.2 Å². The third kappa shape index (κ3) is 8.01. The Morgan fingerprint density at radius 3 is 2.26 bits per heavy atom. The van der Waals surface area contributed by atoms with E-state index in [1.807, 2.05) is 6.07 Å². The Hall–Kier alpha value is -3.47. The number of sulfonamides is 1. The largest absolute Gasteiger partial charge is 0.497 e. The molecule has 1 N–H and O–H groups in total. The van der Waals surface area contributed by atoms with Gasteiger partial charge in [0.2, 0.25) is 21.8 Å². The Labute approximate surface area is 231 Å². The quantitative estimate of drug-likeness (QED) is 0.423. The lowest BCUT2D eigenvalue weighted by molar-refractivity contribution is -0.139. The molecule has 3 rings (SSSR count). The molecular formula is C28H39N3O7S. The van der Waals surface area contributed by atoms with Crippen LogP contribution in [0.25, 0.3) is 0 Å². The van der Waals surface area contributed by atoms with Crippen molar-refractivity contribution in [3.8, 4) is 17.2 Å². The summed E-state index contributed by atoms with van der Waals surface area (Å²) in [6.45, 7) is 1.21. The van der Waals surface area contributed by atoms with Crippen LogP contribution in [-0.4, -0.2) is 71.3 Å². The van der Waals surface area contributed by atoms with Crippen molar-refractivity contribution in [3.05, 3.63) is 48.0 Å². The zero-order valence-corrected chi connectivity index (χ0v) is 24.1. The SMILES string of the molecule is COc1cccc(CN(C(=O)CN(c2cc(OC)ccc2OC)S(C)(=O)=O)[C@@H](C)C(=O)NC2CCCCC2)c1. The molecule has 1 aliphatic carbocycles. The van der Waals surface area contributed by atoms with E-state index in [4.69, 9.17) is 14.2 Å². The van der Waals surface area contributed by atoms with E-state index in [2.05, 4.69) is 5.32 Å².